The van der Waals surface area contributed by atoms with Crippen LogP contribution in [-0.2, 0) is 14.3 Å². The van der Waals surface area contributed by atoms with Crippen LogP contribution in [0.3, 0.4) is 0 Å². The lowest BCUT2D eigenvalue weighted by Crippen LogP contribution is -2.36. The lowest BCUT2D eigenvalue weighted by Gasteiger charge is -2.20. The van der Waals surface area contributed by atoms with Gasteiger partial charge in [-0.1, -0.05) is 18.2 Å². The number of nitrogens with two attached hydrogens (primary N) is 1. The van der Waals surface area contributed by atoms with Crippen LogP contribution in [0.2, 0.25) is 0 Å². The van der Waals surface area contributed by atoms with E-state index in [-0.39, 0.29) is 31.5 Å². The van der Waals surface area contributed by atoms with Crippen molar-refractivity contribution in [2.45, 2.75) is 18.4 Å². The van der Waals surface area contributed by atoms with Gasteiger partial charge < -0.3 is 20.5 Å². The maximum Gasteiger partial charge on any atom is 0.312 e. The summed E-state index contributed by atoms with van der Waals surface area (Å²) in [6.07, 6.45) is -0.202. The first-order valence-electron chi connectivity index (χ1n) is 6.43. The van der Waals surface area contributed by atoms with Gasteiger partial charge in [0, 0.05) is 25.9 Å². The summed E-state index contributed by atoms with van der Waals surface area (Å²) in [5, 5.41) is 9.25. The molecule has 0 saturated carbocycles. The highest BCUT2D eigenvalue weighted by atomic mass is 16.5. The number of methoxy groups -OCH3 is 1. The largest absolute Gasteiger partial charge is 0.481 e. The third kappa shape index (κ3) is 2.66. The van der Waals surface area contributed by atoms with Gasteiger partial charge in [0.1, 0.15) is 5.92 Å². The topological polar surface area (TPSA) is 92.9 Å². The van der Waals surface area contributed by atoms with E-state index in [0.717, 1.165) is 0 Å². The number of para-hydroxylation sites is 1. The van der Waals surface area contributed by atoms with Crippen LogP contribution in [0.1, 0.15) is 17.9 Å². The summed E-state index contributed by atoms with van der Waals surface area (Å²) in [5.41, 5.74) is 6.85. The Hall–Kier alpha value is -1.92. The maximum atomic E-state index is 12.3. The standard InChI is InChI=1S/C14H18N2O4/c1-20-9(7-15)6-13(17)16-8-11(14(18)19)10-4-2-3-5-12(10)16/h2-5,9,11H,6-8,15H2,1H3,(H,18,19). The van der Waals surface area contributed by atoms with E-state index >= 15 is 0 Å². The van der Waals surface area contributed by atoms with Crippen molar-refractivity contribution < 1.29 is 19.4 Å². The van der Waals surface area contributed by atoms with Gasteiger partial charge in [0.25, 0.3) is 0 Å². The van der Waals surface area contributed by atoms with E-state index in [2.05, 4.69) is 0 Å². The highest BCUT2D eigenvalue weighted by Gasteiger charge is 2.36. The second kappa shape index (κ2) is 6.02. The Morgan fingerprint density at radius 2 is 2.20 bits per heavy atom. The summed E-state index contributed by atoms with van der Waals surface area (Å²) in [6, 6.07) is 7.08. The number of ether oxygens (including phenoxy) is 1. The van der Waals surface area contributed by atoms with Crippen LogP contribution in [0.25, 0.3) is 0 Å². The van der Waals surface area contributed by atoms with E-state index in [1.165, 1.54) is 12.0 Å². The Morgan fingerprint density at radius 3 is 2.80 bits per heavy atom. The molecule has 0 fully saturated rings. The Kier molecular flexibility index (Phi) is 4.36. The lowest BCUT2D eigenvalue weighted by molar-refractivity contribution is -0.138. The van der Waals surface area contributed by atoms with Gasteiger partial charge in [-0.15, -0.1) is 0 Å². The Morgan fingerprint density at radius 1 is 1.50 bits per heavy atom. The molecule has 6 heteroatoms. The van der Waals surface area contributed by atoms with Gasteiger partial charge in [-0.05, 0) is 11.6 Å². The van der Waals surface area contributed by atoms with Crippen molar-refractivity contribution in [3.63, 3.8) is 0 Å². The quantitative estimate of drug-likeness (QED) is 0.821. The molecule has 1 aromatic rings. The molecular formula is C14H18N2O4. The van der Waals surface area contributed by atoms with Gasteiger partial charge in [0.05, 0.1) is 12.5 Å². The molecule has 0 saturated heterocycles. The predicted octanol–water partition coefficient (Wildman–Crippen LogP) is 0.565. The van der Waals surface area contributed by atoms with E-state index in [9.17, 15) is 14.7 Å². The van der Waals surface area contributed by atoms with Crippen molar-refractivity contribution in [3.05, 3.63) is 29.8 Å². The third-order valence-corrected chi connectivity index (χ3v) is 3.57. The molecule has 3 N–H and O–H groups in total. The molecular weight excluding hydrogens is 260 g/mol. The zero-order valence-electron chi connectivity index (χ0n) is 11.3. The summed E-state index contributed by atoms with van der Waals surface area (Å²) in [4.78, 5) is 25.1. The van der Waals surface area contributed by atoms with Crippen LogP contribution in [-0.4, -0.2) is 43.3 Å². The monoisotopic (exact) mass is 278 g/mol. The molecule has 1 aliphatic rings. The van der Waals surface area contributed by atoms with Crippen molar-refractivity contribution in [2.75, 3.05) is 25.1 Å². The average molecular weight is 278 g/mol. The average Bonchev–Trinajstić information content (AvgIpc) is 2.84. The van der Waals surface area contributed by atoms with Crippen molar-refractivity contribution in [1.29, 1.82) is 0 Å². The molecule has 2 unspecified atom stereocenters. The molecule has 0 radical (unpaired) electrons. The molecule has 1 heterocycles. The highest BCUT2D eigenvalue weighted by Crippen LogP contribution is 2.36. The molecule has 1 amide bonds. The van der Waals surface area contributed by atoms with Gasteiger partial charge in [-0.25, -0.2) is 0 Å². The molecule has 108 valence electrons. The SMILES string of the molecule is COC(CN)CC(=O)N1CC(C(=O)O)c2ccccc21. The normalized spacial score (nSPS) is 18.7. The van der Waals surface area contributed by atoms with Crippen LogP contribution >= 0.6 is 0 Å². The number of carboxylic acid groups (broad SMARTS) is 1. The van der Waals surface area contributed by atoms with Gasteiger partial charge >= 0.3 is 5.97 Å². The second-order valence-electron chi connectivity index (χ2n) is 4.75. The van der Waals surface area contributed by atoms with Crippen molar-refractivity contribution in [3.8, 4) is 0 Å². The molecule has 0 spiro atoms. The fourth-order valence-corrected chi connectivity index (χ4v) is 2.42. The van der Waals surface area contributed by atoms with Gasteiger partial charge in [-0.2, -0.15) is 0 Å². The maximum absolute atomic E-state index is 12.3. The number of hydrogen-bond acceptors (Lipinski definition) is 4. The van der Waals surface area contributed by atoms with Crippen LogP contribution in [0.4, 0.5) is 5.69 Å². The summed E-state index contributed by atoms with van der Waals surface area (Å²) < 4.78 is 5.10. The molecule has 0 aromatic heterocycles. The fourth-order valence-electron chi connectivity index (χ4n) is 2.42. The van der Waals surface area contributed by atoms with Gasteiger partial charge in [0.15, 0.2) is 0 Å². The third-order valence-electron chi connectivity index (χ3n) is 3.57. The summed E-state index contributed by atoms with van der Waals surface area (Å²) in [7, 11) is 1.50. The minimum Gasteiger partial charge on any atom is -0.481 e. The number of amides is 1. The van der Waals surface area contributed by atoms with Crippen molar-refractivity contribution in [2.24, 2.45) is 5.73 Å². The molecule has 20 heavy (non-hydrogen) atoms. The fraction of sp³-hybridized carbons (Fsp3) is 0.429. The van der Waals surface area contributed by atoms with E-state index < -0.39 is 11.9 Å². The minimum atomic E-state index is -0.921. The number of aliphatic carboxylic acids is 1. The molecule has 1 aromatic carbocycles. The minimum absolute atomic E-state index is 0.147. The zero-order chi connectivity index (χ0) is 14.7. The summed E-state index contributed by atoms with van der Waals surface area (Å²) >= 11 is 0. The Balaban J connectivity index is 2.22. The predicted molar refractivity (Wildman–Crippen MR) is 73.6 cm³/mol. The second-order valence-corrected chi connectivity index (χ2v) is 4.75. The summed E-state index contributed by atoms with van der Waals surface area (Å²) in [5.74, 6) is -1.76. The first-order chi connectivity index (χ1) is 9.58. The van der Waals surface area contributed by atoms with Crippen molar-refractivity contribution >= 4 is 17.6 Å². The molecule has 6 nitrogen and oxygen atoms in total. The van der Waals surface area contributed by atoms with Crippen LogP contribution in [0.5, 0.6) is 0 Å². The molecule has 1 aliphatic heterocycles. The number of rotatable bonds is 5. The lowest BCUT2D eigenvalue weighted by atomic mass is 10.0. The van der Waals surface area contributed by atoms with Crippen LogP contribution < -0.4 is 10.6 Å². The molecule has 2 atom stereocenters. The van der Waals surface area contributed by atoms with E-state index in [1.807, 2.05) is 0 Å². The number of carboxylic acids is 1. The van der Waals surface area contributed by atoms with E-state index in [0.29, 0.717) is 11.3 Å². The van der Waals surface area contributed by atoms with Gasteiger partial charge in [0.2, 0.25) is 5.91 Å². The first kappa shape index (κ1) is 14.5. The molecule has 0 bridgehead atoms. The first-order valence-corrected chi connectivity index (χ1v) is 6.43. The Labute approximate surface area is 117 Å². The highest BCUT2D eigenvalue weighted by molar-refractivity contribution is 5.99. The van der Waals surface area contributed by atoms with Crippen molar-refractivity contribution in [1.82, 2.24) is 0 Å². The van der Waals surface area contributed by atoms with Crippen LogP contribution in [0, 0.1) is 0 Å². The number of fused-ring (bicyclic) bond motifs is 1. The number of benzene rings is 1. The smallest absolute Gasteiger partial charge is 0.312 e. The van der Waals surface area contributed by atoms with E-state index in [4.69, 9.17) is 10.5 Å². The van der Waals surface area contributed by atoms with Crippen LogP contribution in [0.15, 0.2) is 24.3 Å². The van der Waals surface area contributed by atoms with E-state index in [1.54, 1.807) is 24.3 Å². The number of nitrogens with zero attached hydrogens (tertiary/aromatic N) is 1. The number of anilines is 1. The number of carbonyl (C=O) groups excluding carboxylic acids is 1. The number of hydrogen-bond donors (Lipinski definition) is 2. The molecule has 0 aliphatic carbocycles. The number of carbonyl (C=O) groups is 2. The van der Waals surface area contributed by atoms with Gasteiger partial charge in [-0.3, -0.25) is 9.59 Å². The zero-order valence-corrected chi connectivity index (χ0v) is 11.3. The molecule has 2 rings (SSSR count). The Bertz CT molecular complexity index is 514. The summed E-state index contributed by atoms with van der Waals surface area (Å²) in [6.45, 7) is 0.411.